The maximum absolute atomic E-state index is 13.8. The lowest BCUT2D eigenvalue weighted by atomic mass is 9.98. The molecule has 32 heavy (non-hydrogen) atoms. The van der Waals surface area contributed by atoms with Gasteiger partial charge in [-0.1, -0.05) is 62.4 Å². The van der Waals surface area contributed by atoms with E-state index in [1.807, 2.05) is 48.5 Å². The van der Waals surface area contributed by atoms with E-state index >= 15 is 0 Å². The Kier molecular flexibility index (Phi) is 6.07. The zero-order valence-corrected chi connectivity index (χ0v) is 18.3. The number of tetrazole rings is 1. The van der Waals surface area contributed by atoms with E-state index in [1.54, 1.807) is 4.68 Å². The molecular weight excluding hydrogens is 412 g/mol. The molecule has 0 aliphatic heterocycles. The molecule has 7 nitrogen and oxygen atoms in total. The van der Waals surface area contributed by atoms with Crippen molar-refractivity contribution in [3.63, 3.8) is 0 Å². The molecule has 4 rings (SSSR count). The molecule has 0 spiro atoms. The number of benzene rings is 2. The number of hydrogen-bond donors (Lipinski definition) is 1. The monoisotopic (exact) mass is 437 g/mol. The van der Waals surface area contributed by atoms with Crippen LogP contribution in [0.3, 0.4) is 0 Å². The van der Waals surface area contributed by atoms with Gasteiger partial charge in [0.25, 0.3) is 0 Å². The van der Waals surface area contributed by atoms with E-state index in [2.05, 4.69) is 44.6 Å². The van der Waals surface area contributed by atoms with Crippen molar-refractivity contribution in [2.24, 2.45) is 5.92 Å². The molecule has 0 saturated heterocycles. The first-order valence-electron chi connectivity index (χ1n) is 10.6. The van der Waals surface area contributed by atoms with Crippen LogP contribution >= 0.6 is 0 Å². The SMILES string of the molecule is CC(C)CCc1nc(C(C)(F)F)nn1Cc1ccc(-c2ccccc2-c2nnn[nH]2)cc1. The normalized spacial score (nSPS) is 11.9. The maximum atomic E-state index is 13.8. The predicted molar refractivity (Wildman–Crippen MR) is 117 cm³/mol. The Labute approximate surface area is 184 Å². The Balaban J connectivity index is 1.59. The van der Waals surface area contributed by atoms with Gasteiger partial charge in [-0.05, 0) is 39.5 Å². The van der Waals surface area contributed by atoms with E-state index in [9.17, 15) is 8.78 Å². The zero-order chi connectivity index (χ0) is 22.7. The first kappa shape index (κ1) is 21.7. The number of H-pyrrole nitrogens is 1. The van der Waals surface area contributed by atoms with Gasteiger partial charge in [0, 0.05) is 18.9 Å². The highest BCUT2D eigenvalue weighted by atomic mass is 19.3. The molecule has 0 aliphatic rings. The molecule has 0 amide bonds. The number of hydrogen-bond acceptors (Lipinski definition) is 5. The van der Waals surface area contributed by atoms with Gasteiger partial charge in [-0.15, -0.1) is 10.2 Å². The van der Waals surface area contributed by atoms with Crippen molar-refractivity contribution in [2.45, 2.75) is 46.1 Å². The van der Waals surface area contributed by atoms with Crippen molar-refractivity contribution in [3.05, 3.63) is 65.7 Å². The second kappa shape index (κ2) is 8.94. The van der Waals surface area contributed by atoms with Gasteiger partial charge in [-0.2, -0.15) is 8.78 Å². The van der Waals surface area contributed by atoms with Gasteiger partial charge >= 0.3 is 5.92 Å². The quantitative estimate of drug-likeness (QED) is 0.425. The number of aryl methyl sites for hydroxylation is 1. The number of nitrogens with zero attached hydrogens (tertiary/aromatic N) is 6. The Bertz CT molecular complexity index is 1160. The topological polar surface area (TPSA) is 85.2 Å². The van der Waals surface area contributed by atoms with Crippen LogP contribution in [0.4, 0.5) is 8.78 Å². The van der Waals surface area contributed by atoms with E-state index in [1.165, 1.54) is 0 Å². The van der Waals surface area contributed by atoms with Crippen molar-refractivity contribution in [2.75, 3.05) is 0 Å². The Morgan fingerprint density at radius 1 is 1.03 bits per heavy atom. The minimum absolute atomic E-state index is 0.379. The van der Waals surface area contributed by atoms with Crippen LogP contribution in [0.1, 0.15) is 44.4 Å². The van der Waals surface area contributed by atoms with E-state index in [-0.39, 0.29) is 0 Å². The summed E-state index contributed by atoms with van der Waals surface area (Å²) in [6.07, 6.45) is 1.47. The first-order chi connectivity index (χ1) is 15.3. The smallest absolute Gasteiger partial charge is 0.245 e. The average Bonchev–Trinajstić information content (AvgIpc) is 3.43. The average molecular weight is 437 g/mol. The second-order valence-electron chi connectivity index (χ2n) is 8.32. The standard InChI is InChI=1S/C23H25F2N7/c1-15(2)8-13-20-26-22(23(3,24)25)29-32(20)14-16-9-11-17(12-10-16)18-6-4-5-7-19(18)21-27-30-31-28-21/h4-7,9-12,15H,8,13-14H2,1-3H3,(H,27,28,30,31). The van der Waals surface area contributed by atoms with Crippen LogP contribution < -0.4 is 0 Å². The van der Waals surface area contributed by atoms with Gasteiger partial charge in [0.05, 0.1) is 6.54 Å². The summed E-state index contributed by atoms with van der Waals surface area (Å²) in [5.74, 6) is -1.87. The summed E-state index contributed by atoms with van der Waals surface area (Å²) in [4.78, 5) is 4.13. The third-order valence-corrected chi connectivity index (χ3v) is 5.21. The van der Waals surface area contributed by atoms with Crippen LogP contribution in [0.2, 0.25) is 0 Å². The third-order valence-electron chi connectivity index (χ3n) is 5.21. The lowest BCUT2D eigenvalue weighted by molar-refractivity contribution is 0.00756. The number of rotatable bonds is 8. The van der Waals surface area contributed by atoms with Gasteiger partial charge in [-0.3, -0.25) is 0 Å². The van der Waals surface area contributed by atoms with Crippen molar-refractivity contribution >= 4 is 0 Å². The van der Waals surface area contributed by atoms with Gasteiger partial charge in [0.2, 0.25) is 5.82 Å². The molecule has 2 aromatic carbocycles. The Morgan fingerprint density at radius 2 is 1.75 bits per heavy atom. The highest BCUT2D eigenvalue weighted by Gasteiger charge is 2.31. The summed E-state index contributed by atoms with van der Waals surface area (Å²) in [7, 11) is 0. The molecule has 0 unspecified atom stereocenters. The van der Waals surface area contributed by atoms with Gasteiger partial charge in [0.15, 0.2) is 5.82 Å². The van der Waals surface area contributed by atoms with Crippen LogP contribution in [0.25, 0.3) is 22.5 Å². The molecule has 0 radical (unpaired) electrons. The summed E-state index contributed by atoms with van der Waals surface area (Å²) in [5.41, 5.74) is 3.84. The summed E-state index contributed by atoms with van der Waals surface area (Å²) in [6.45, 7) is 5.41. The van der Waals surface area contributed by atoms with Crippen LogP contribution in [0.5, 0.6) is 0 Å². The van der Waals surface area contributed by atoms with E-state index < -0.39 is 11.7 Å². The van der Waals surface area contributed by atoms with Crippen molar-refractivity contribution in [1.29, 1.82) is 0 Å². The summed E-state index contributed by atoms with van der Waals surface area (Å²) < 4.78 is 29.2. The Morgan fingerprint density at radius 3 is 2.38 bits per heavy atom. The molecule has 1 N–H and O–H groups in total. The lowest BCUT2D eigenvalue weighted by Gasteiger charge is -2.10. The predicted octanol–water partition coefficient (Wildman–Crippen LogP) is 4.87. The Hall–Kier alpha value is -3.49. The summed E-state index contributed by atoms with van der Waals surface area (Å²) in [6, 6.07) is 15.8. The highest BCUT2D eigenvalue weighted by molar-refractivity contribution is 5.80. The number of nitrogens with one attached hydrogen (secondary N) is 1. The summed E-state index contributed by atoms with van der Waals surface area (Å²) >= 11 is 0. The van der Waals surface area contributed by atoms with Crippen LogP contribution in [-0.2, 0) is 18.9 Å². The fourth-order valence-corrected chi connectivity index (χ4v) is 3.47. The molecular formula is C23H25F2N7. The van der Waals surface area contributed by atoms with E-state index in [0.717, 1.165) is 35.6 Å². The molecule has 0 fully saturated rings. The van der Waals surface area contributed by atoms with Crippen molar-refractivity contribution in [1.82, 2.24) is 35.4 Å². The molecule has 2 heterocycles. The van der Waals surface area contributed by atoms with Crippen LogP contribution in [0.15, 0.2) is 48.5 Å². The van der Waals surface area contributed by atoms with Crippen molar-refractivity contribution < 1.29 is 8.78 Å². The maximum Gasteiger partial charge on any atom is 0.305 e. The van der Waals surface area contributed by atoms with Gasteiger partial charge < -0.3 is 0 Å². The van der Waals surface area contributed by atoms with Crippen LogP contribution in [-0.4, -0.2) is 35.4 Å². The highest BCUT2D eigenvalue weighted by Crippen LogP contribution is 2.30. The van der Waals surface area contributed by atoms with Crippen molar-refractivity contribution in [3.8, 4) is 22.5 Å². The molecule has 0 aliphatic carbocycles. The fraction of sp³-hybridized carbons (Fsp3) is 0.348. The zero-order valence-electron chi connectivity index (χ0n) is 18.3. The minimum Gasteiger partial charge on any atom is -0.245 e. The van der Waals surface area contributed by atoms with E-state index in [4.69, 9.17) is 0 Å². The van der Waals surface area contributed by atoms with Crippen LogP contribution in [0, 0.1) is 5.92 Å². The fourth-order valence-electron chi connectivity index (χ4n) is 3.47. The number of aromatic amines is 1. The molecule has 4 aromatic rings. The van der Waals surface area contributed by atoms with Gasteiger partial charge in [0.1, 0.15) is 5.82 Å². The molecule has 9 heteroatoms. The molecule has 166 valence electrons. The largest absolute Gasteiger partial charge is 0.305 e. The first-order valence-corrected chi connectivity index (χ1v) is 10.6. The third kappa shape index (κ3) is 4.87. The number of halogens is 2. The van der Waals surface area contributed by atoms with E-state index in [0.29, 0.717) is 30.5 Å². The number of aromatic nitrogens is 7. The molecule has 0 saturated carbocycles. The lowest BCUT2D eigenvalue weighted by Crippen LogP contribution is -2.11. The summed E-state index contributed by atoms with van der Waals surface area (Å²) in [5, 5.41) is 18.2. The van der Waals surface area contributed by atoms with Gasteiger partial charge in [-0.25, -0.2) is 14.8 Å². The molecule has 0 bridgehead atoms. The second-order valence-corrected chi connectivity index (χ2v) is 8.32. The number of alkyl halides is 2. The molecule has 0 atom stereocenters. The molecule has 2 aromatic heterocycles. The minimum atomic E-state index is -3.07.